The molecule has 0 N–H and O–H groups in total. The predicted molar refractivity (Wildman–Crippen MR) is 97.8 cm³/mol. The molecule has 1 aliphatic rings. The van der Waals surface area contributed by atoms with Crippen molar-refractivity contribution in [2.45, 2.75) is 44.6 Å². The number of ether oxygens (including phenoxy) is 1. The zero-order valence-corrected chi connectivity index (χ0v) is 15.4. The molecule has 0 heterocycles. The standard InChI is InChI=1S/C21H22FO2Si/c1-14-2-11-19(12-20(14)22)24-21(23)18-9-7-17(8-10-18)16-5-3-15(13-25)4-6-16/h2,7-12,15-16H,3-6,13H2,1H3. The molecular weight excluding hydrogens is 331 g/mol. The van der Waals surface area contributed by atoms with Crippen LogP contribution in [0.5, 0.6) is 5.75 Å². The summed E-state index contributed by atoms with van der Waals surface area (Å²) in [6.45, 7) is 1.67. The molecule has 0 aromatic heterocycles. The number of carbonyl (C=O) groups is 1. The van der Waals surface area contributed by atoms with Crippen LogP contribution in [-0.2, 0) is 0 Å². The highest BCUT2D eigenvalue weighted by molar-refractivity contribution is 6.08. The Morgan fingerprint density at radius 3 is 2.40 bits per heavy atom. The van der Waals surface area contributed by atoms with Gasteiger partial charge in [-0.15, -0.1) is 0 Å². The third-order valence-electron chi connectivity index (χ3n) is 5.11. The van der Waals surface area contributed by atoms with Gasteiger partial charge in [-0.25, -0.2) is 9.18 Å². The predicted octanol–water partition coefficient (Wildman–Crippen LogP) is 5.21. The molecule has 129 valence electrons. The van der Waals surface area contributed by atoms with Crippen LogP contribution in [-0.4, -0.2) is 16.2 Å². The summed E-state index contributed by atoms with van der Waals surface area (Å²) in [5, 5.41) is 0. The fraction of sp³-hybridized carbons (Fsp3) is 0.381. The maximum absolute atomic E-state index is 13.5. The average molecular weight is 353 g/mol. The number of hydrogen-bond donors (Lipinski definition) is 0. The zero-order valence-electron chi connectivity index (χ0n) is 14.4. The van der Waals surface area contributed by atoms with Gasteiger partial charge in [0.2, 0.25) is 0 Å². The number of halogens is 1. The minimum Gasteiger partial charge on any atom is -0.423 e. The molecule has 3 rings (SSSR count). The van der Waals surface area contributed by atoms with E-state index in [9.17, 15) is 9.18 Å². The Morgan fingerprint density at radius 1 is 1.12 bits per heavy atom. The van der Waals surface area contributed by atoms with Gasteiger partial charge in [0.05, 0.1) is 5.56 Å². The van der Waals surface area contributed by atoms with E-state index in [2.05, 4.69) is 10.2 Å². The van der Waals surface area contributed by atoms with Gasteiger partial charge >= 0.3 is 5.97 Å². The molecular formula is C21H22FO2Si. The minimum absolute atomic E-state index is 0.227. The van der Waals surface area contributed by atoms with Crippen molar-refractivity contribution in [2.24, 2.45) is 5.92 Å². The molecule has 1 saturated carbocycles. The molecule has 1 aliphatic carbocycles. The average Bonchev–Trinajstić information content (AvgIpc) is 2.65. The van der Waals surface area contributed by atoms with Gasteiger partial charge in [-0.05, 0) is 60.9 Å². The second-order valence-corrected chi connectivity index (χ2v) is 7.25. The Bertz CT molecular complexity index is 734. The van der Waals surface area contributed by atoms with Gasteiger partial charge in [0.25, 0.3) is 0 Å². The number of hydrogen-bond acceptors (Lipinski definition) is 2. The Labute approximate surface area is 151 Å². The van der Waals surface area contributed by atoms with E-state index >= 15 is 0 Å². The highest BCUT2D eigenvalue weighted by Gasteiger charge is 2.21. The lowest BCUT2D eigenvalue weighted by Crippen LogP contribution is -2.13. The molecule has 0 bridgehead atoms. The Hall–Kier alpha value is -1.94. The number of rotatable bonds is 4. The van der Waals surface area contributed by atoms with Crippen LogP contribution in [0.4, 0.5) is 4.39 Å². The van der Waals surface area contributed by atoms with Gasteiger partial charge < -0.3 is 4.74 Å². The molecule has 3 radical (unpaired) electrons. The van der Waals surface area contributed by atoms with Crippen molar-refractivity contribution in [1.82, 2.24) is 0 Å². The van der Waals surface area contributed by atoms with Crippen LogP contribution in [0.15, 0.2) is 42.5 Å². The second kappa shape index (κ2) is 7.96. The quantitative estimate of drug-likeness (QED) is 0.428. The third-order valence-corrected chi connectivity index (χ3v) is 5.68. The number of carbonyl (C=O) groups excluding carboxylic acids is 1. The SMILES string of the molecule is Cc1ccc(OC(=O)c2ccc(C3CCC(C[Si])CC3)cc2)cc1F. The molecule has 2 nitrogen and oxygen atoms in total. The number of aryl methyl sites for hydroxylation is 1. The summed E-state index contributed by atoms with van der Waals surface area (Å²) < 4.78 is 18.8. The second-order valence-electron chi connectivity index (χ2n) is 6.84. The Balaban J connectivity index is 1.63. The minimum atomic E-state index is -0.461. The monoisotopic (exact) mass is 353 g/mol. The summed E-state index contributed by atoms with van der Waals surface area (Å²) in [5.74, 6) is 0.755. The smallest absolute Gasteiger partial charge is 0.343 e. The van der Waals surface area contributed by atoms with E-state index < -0.39 is 5.97 Å². The lowest BCUT2D eigenvalue weighted by molar-refractivity contribution is 0.0734. The molecule has 0 saturated heterocycles. The molecule has 1 fully saturated rings. The van der Waals surface area contributed by atoms with Crippen molar-refractivity contribution >= 4 is 16.2 Å². The Morgan fingerprint density at radius 2 is 1.80 bits per heavy atom. The fourth-order valence-electron chi connectivity index (χ4n) is 3.39. The first-order valence-electron chi connectivity index (χ1n) is 8.79. The van der Waals surface area contributed by atoms with Crippen molar-refractivity contribution in [1.29, 1.82) is 0 Å². The van der Waals surface area contributed by atoms with Gasteiger partial charge in [-0.1, -0.05) is 37.1 Å². The Kier molecular flexibility index (Phi) is 5.69. The number of esters is 1. The van der Waals surface area contributed by atoms with Crippen LogP contribution >= 0.6 is 0 Å². The molecule has 0 aliphatic heterocycles. The zero-order chi connectivity index (χ0) is 17.8. The van der Waals surface area contributed by atoms with Crippen molar-refractivity contribution < 1.29 is 13.9 Å². The van der Waals surface area contributed by atoms with E-state index in [0.29, 0.717) is 17.0 Å². The molecule has 0 atom stereocenters. The number of benzene rings is 2. The largest absolute Gasteiger partial charge is 0.423 e. The van der Waals surface area contributed by atoms with Crippen LogP contribution in [0.3, 0.4) is 0 Å². The topological polar surface area (TPSA) is 26.3 Å². The molecule has 25 heavy (non-hydrogen) atoms. The van der Waals surface area contributed by atoms with Gasteiger partial charge in [0.1, 0.15) is 11.6 Å². The molecule has 2 aromatic rings. The van der Waals surface area contributed by atoms with Crippen molar-refractivity contribution in [3.63, 3.8) is 0 Å². The van der Waals surface area contributed by atoms with Crippen molar-refractivity contribution in [2.75, 3.05) is 0 Å². The maximum atomic E-state index is 13.5. The third kappa shape index (κ3) is 4.37. The summed E-state index contributed by atoms with van der Waals surface area (Å²) >= 11 is 0. The molecule has 0 unspecified atom stereocenters. The highest BCUT2D eigenvalue weighted by atomic mass is 28.1. The van der Waals surface area contributed by atoms with E-state index in [0.717, 1.165) is 12.0 Å². The lowest BCUT2D eigenvalue weighted by atomic mass is 9.79. The first-order chi connectivity index (χ1) is 12.1. The lowest BCUT2D eigenvalue weighted by Gasteiger charge is -2.28. The van der Waals surface area contributed by atoms with Gasteiger partial charge in [-0.2, -0.15) is 0 Å². The summed E-state index contributed by atoms with van der Waals surface area (Å²) in [5.41, 5.74) is 2.29. The first-order valence-corrected chi connectivity index (χ1v) is 9.50. The van der Waals surface area contributed by atoms with E-state index in [-0.39, 0.29) is 11.6 Å². The first kappa shape index (κ1) is 17.9. The van der Waals surface area contributed by atoms with Crippen LogP contribution < -0.4 is 4.74 Å². The molecule has 0 spiro atoms. The summed E-state index contributed by atoms with van der Waals surface area (Å²) in [6.07, 6.45) is 4.89. The summed E-state index contributed by atoms with van der Waals surface area (Å²) in [4.78, 5) is 12.2. The fourth-order valence-corrected chi connectivity index (χ4v) is 3.80. The van der Waals surface area contributed by atoms with E-state index in [1.807, 2.05) is 12.1 Å². The molecule has 2 aromatic carbocycles. The van der Waals surface area contributed by atoms with Gasteiger partial charge in [-0.3, -0.25) is 0 Å². The van der Waals surface area contributed by atoms with E-state index in [1.165, 1.54) is 37.3 Å². The van der Waals surface area contributed by atoms with Crippen LogP contribution in [0, 0.1) is 18.7 Å². The van der Waals surface area contributed by atoms with E-state index in [4.69, 9.17) is 4.74 Å². The summed E-state index contributed by atoms with van der Waals surface area (Å²) in [6, 6.07) is 13.2. The van der Waals surface area contributed by atoms with E-state index in [1.54, 1.807) is 31.2 Å². The molecule has 0 amide bonds. The van der Waals surface area contributed by atoms with Crippen molar-refractivity contribution in [3.8, 4) is 5.75 Å². The molecule has 4 heteroatoms. The maximum Gasteiger partial charge on any atom is 0.343 e. The highest BCUT2D eigenvalue weighted by Crippen LogP contribution is 2.36. The van der Waals surface area contributed by atoms with Gasteiger partial charge in [0, 0.05) is 16.3 Å². The van der Waals surface area contributed by atoms with Crippen LogP contribution in [0.2, 0.25) is 6.04 Å². The normalized spacial score (nSPS) is 20.3. The van der Waals surface area contributed by atoms with Crippen molar-refractivity contribution in [3.05, 3.63) is 65.0 Å². The summed E-state index contributed by atoms with van der Waals surface area (Å²) in [7, 11) is 3.62. The van der Waals surface area contributed by atoms with Crippen LogP contribution in [0.1, 0.15) is 53.1 Å². The van der Waals surface area contributed by atoms with Gasteiger partial charge in [0.15, 0.2) is 0 Å². The van der Waals surface area contributed by atoms with Crippen LogP contribution in [0.25, 0.3) is 0 Å².